The van der Waals surface area contributed by atoms with Crippen molar-refractivity contribution in [1.29, 1.82) is 0 Å². The molecule has 0 aliphatic rings. The Morgan fingerprint density at radius 1 is 0.400 bits per heavy atom. The summed E-state index contributed by atoms with van der Waals surface area (Å²) in [6.07, 6.45) is 3.95. The summed E-state index contributed by atoms with van der Waals surface area (Å²) in [6, 6.07) is 42.2. The maximum absolute atomic E-state index is 4.93. The predicted molar refractivity (Wildman–Crippen MR) is 168 cm³/mol. The van der Waals surface area contributed by atoms with Crippen molar-refractivity contribution in [3.05, 3.63) is 134 Å². The molecule has 0 fully saturated rings. The Hall–Kier alpha value is -5.22. The van der Waals surface area contributed by atoms with Gasteiger partial charge in [-0.3, -0.25) is 9.97 Å². The topological polar surface area (TPSA) is 49.8 Å². The average Bonchev–Trinajstić information content (AvgIpc) is 3.05. The number of nitrogens with zero attached hydrogens (tertiary/aromatic N) is 2. The second-order valence-corrected chi connectivity index (χ2v) is 9.62. The highest BCUT2D eigenvalue weighted by Gasteiger charge is 2.15. The van der Waals surface area contributed by atoms with E-state index in [0.717, 1.165) is 67.3 Å². The second-order valence-electron chi connectivity index (χ2n) is 9.62. The lowest BCUT2D eigenvalue weighted by Gasteiger charge is -2.15. The van der Waals surface area contributed by atoms with Crippen molar-refractivity contribution in [3.8, 4) is 55.9 Å². The van der Waals surface area contributed by atoms with Crippen LogP contribution in [0.2, 0.25) is 0 Å². The van der Waals surface area contributed by atoms with Gasteiger partial charge in [-0.2, -0.15) is 0 Å². The molecule has 0 saturated carbocycles. The first kappa shape index (κ1) is 25.1. The molecule has 0 aliphatic heterocycles. The number of rotatable bonds is 7. The van der Waals surface area contributed by atoms with E-state index in [1.54, 1.807) is 0 Å². The van der Waals surface area contributed by atoms with Gasteiger partial charge in [-0.1, -0.05) is 84.9 Å². The Kier molecular flexibility index (Phi) is 7.06. The Balaban J connectivity index is 1.49. The van der Waals surface area contributed by atoms with Crippen LogP contribution in [-0.4, -0.2) is 24.1 Å². The molecule has 40 heavy (non-hydrogen) atoms. The smallest absolute Gasteiger partial charge is 0.0893 e. The van der Waals surface area contributed by atoms with E-state index in [4.69, 9.17) is 9.97 Å². The third-order valence-electron chi connectivity index (χ3n) is 7.21. The number of nitrogens with one attached hydrogen (secondary N) is 2. The van der Waals surface area contributed by atoms with Gasteiger partial charge in [0.15, 0.2) is 0 Å². The van der Waals surface area contributed by atoms with Gasteiger partial charge in [0.1, 0.15) is 0 Å². The molecular weight excluding hydrogens is 488 g/mol. The molecule has 194 valence electrons. The minimum absolute atomic E-state index is 0.837. The van der Waals surface area contributed by atoms with Crippen molar-refractivity contribution in [3.63, 3.8) is 0 Å². The molecule has 4 aromatic carbocycles. The highest BCUT2D eigenvalue weighted by molar-refractivity contribution is 5.88. The summed E-state index contributed by atoms with van der Waals surface area (Å²) < 4.78 is 0. The molecule has 0 aliphatic carbocycles. The fourth-order valence-corrected chi connectivity index (χ4v) is 5.00. The lowest BCUT2D eigenvalue weighted by Crippen LogP contribution is -1.95. The molecule has 4 nitrogen and oxygen atoms in total. The first-order valence-electron chi connectivity index (χ1n) is 13.4. The van der Waals surface area contributed by atoms with Gasteiger partial charge in [-0.15, -0.1) is 0 Å². The van der Waals surface area contributed by atoms with E-state index >= 15 is 0 Å². The maximum Gasteiger partial charge on any atom is 0.0893 e. The largest absolute Gasteiger partial charge is 0.388 e. The van der Waals surface area contributed by atoms with Gasteiger partial charge in [-0.25, -0.2) is 0 Å². The summed E-state index contributed by atoms with van der Waals surface area (Å²) in [5.74, 6) is 0. The Morgan fingerprint density at radius 2 is 0.750 bits per heavy atom. The van der Waals surface area contributed by atoms with Gasteiger partial charge < -0.3 is 10.6 Å². The molecule has 0 spiro atoms. The SMILES string of the molecule is CNc1ccc(-c2cnc(-c3cc(-c4ccccc4)c(-c4ccc(NC)cc4)cn3)cc2-c2ccccc2)cc1. The minimum atomic E-state index is 0.837. The quantitative estimate of drug-likeness (QED) is 0.222. The van der Waals surface area contributed by atoms with Crippen LogP contribution in [0, 0.1) is 0 Å². The molecular formula is C36H30N4. The van der Waals surface area contributed by atoms with E-state index in [-0.39, 0.29) is 0 Å². The zero-order chi connectivity index (χ0) is 27.3. The van der Waals surface area contributed by atoms with Crippen molar-refractivity contribution in [1.82, 2.24) is 9.97 Å². The molecule has 0 radical (unpaired) electrons. The third kappa shape index (κ3) is 5.07. The molecule has 2 aromatic heterocycles. The summed E-state index contributed by atoms with van der Waals surface area (Å²) in [5.41, 5.74) is 12.8. The Labute approximate surface area is 235 Å². The van der Waals surface area contributed by atoms with Gasteiger partial charge in [-0.05, 0) is 69.8 Å². The van der Waals surface area contributed by atoms with Crippen LogP contribution >= 0.6 is 0 Å². The van der Waals surface area contributed by atoms with Crippen molar-refractivity contribution in [2.75, 3.05) is 24.7 Å². The zero-order valence-electron chi connectivity index (χ0n) is 22.6. The van der Waals surface area contributed by atoms with Crippen LogP contribution in [0.3, 0.4) is 0 Å². The van der Waals surface area contributed by atoms with Crippen LogP contribution in [0.5, 0.6) is 0 Å². The summed E-state index contributed by atoms with van der Waals surface area (Å²) in [6.45, 7) is 0. The predicted octanol–water partition coefficient (Wildman–Crippen LogP) is 8.90. The average molecular weight is 519 g/mol. The zero-order valence-corrected chi connectivity index (χ0v) is 22.6. The number of benzene rings is 4. The number of aromatic nitrogens is 2. The number of anilines is 2. The monoisotopic (exact) mass is 518 g/mol. The minimum Gasteiger partial charge on any atom is -0.388 e. The third-order valence-corrected chi connectivity index (χ3v) is 7.21. The van der Waals surface area contributed by atoms with Gasteiger partial charge in [0.25, 0.3) is 0 Å². The van der Waals surface area contributed by atoms with Crippen LogP contribution in [0.25, 0.3) is 55.9 Å². The van der Waals surface area contributed by atoms with Crippen molar-refractivity contribution in [2.45, 2.75) is 0 Å². The molecule has 2 heterocycles. The Morgan fingerprint density at radius 3 is 1.10 bits per heavy atom. The standard InChI is InChI=1S/C36H30N4/c1-37-29-17-13-27(14-18-29)33-23-39-35(21-31(33)25-9-5-3-6-10-25)36-22-32(26-11-7-4-8-12-26)34(24-40-36)28-15-19-30(38-2)20-16-28/h3-24,37-38H,1-2H3. The number of hydrogen-bond acceptors (Lipinski definition) is 4. The first-order valence-corrected chi connectivity index (χ1v) is 13.4. The summed E-state index contributed by atoms with van der Waals surface area (Å²) in [5, 5.41) is 6.39. The second kappa shape index (κ2) is 11.3. The van der Waals surface area contributed by atoms with E-state index in [0.29, 0.717) is 0 Å². The summed E-state index contributed by atoms with van der Waals surface area (Å²) >= 11 is 0. The normalized spacial score (nSPS) is 10.8. The molecule has 6 aromatic rings. The molecule has 0 saturated heterocycles. The highest BCUT2D eigenvalue weighted by Crippen LogP contribution is 2.37. The highest BCUT2D eigenvalue weighted by atomic mass is 14.8. The van der Waals surface area contributed by atoms with Crippen molar-refractivity contribution in [2.24, 2.45) is 0 Å². The molecule has 0 atom stereocenters. The van der Waals surface area contributed by atoms with Crippen LogP contribution in [0.4, 0.5) is 11.4 Å². The van der Waals surface area contributed by atoms with Crippen LogP contribution in [0.1, 0.15) is 0 Å². The van der Waals surface area contributed by atoms with Crippen LogP contribution in [-0.2, 0) is 0 Å². The molecule has 0 amide bonds. The maximum atomic E-state index is 4.93. The van der Waals surface area contributed by atoms with E-state index in [1.807, 2.05) is 38.6 Å². The van der Waals surface area contributed by atoms with E-state index in [2.05, 4.69) is 120 Å². The lowest BCUT2D eigenvalue weighted by molar-refractivity contribution is 1.25. The van der Waals surface area contributed by atoms with Gasteiger partial charge in [0, 0.05) is 49.0 Å². The summed E-state index contributed by atoms with van der Waals surface area (Å²) in [7, 11) is 3.86. The van der Waals surface area contributed by atoms with Gasteiger partial charge in [0.2, 0.25) is 0 Å². The number of pyridine rings is 2. The van der Waals surface area contributed by atoms with Gasteiger partial charge >= 0.3 is 0 Å². The van der Waals surface area contributed by atoms with Crippen LogP contribution in [0.15, 0.2) is 134 Å². The molecule has 0 unspecified atom stereocenters. The van der Waals surface area contributed by atoms with Gasteiger partial charge in [0.05, 0.1) is 11.4 Å². The van der Waals surface area contributed by atoms with Crippen molar-refractivity contribution < 1.29 is 0 Å². The lowest BCUT2D eigenvalue weighted by atomic mass is 9.93. The molecule has 0 bridgehead atoms. The van der Waals surface area contributed by atoms with Crippen LogP contribution < -0.4 is 10.6 Å². The molecule has 4 heteroatoms. The van der Waals surface area contributed by atoms with E-state index in [9.17, 15) is 0 Å². The first-order chi connectivity index (χ1) is 19.7. The number of hydrogen-bond donors (Lipinski definition) is 2. The fraction of sp³-hybridized carbons (Fsp3) is 0.0556. The summed E-state index contributed by atoms with van der Waals surface area (Å²) in [4.78, 5) is 9.86. The van der Waals surface area contributed by atoms with E-state index in [1.165, 1.54) is 0 Å². The fourth-order valence-electron chi connectivity index (χ4n) is 5.00. The molecule has 2 N–H and O–H groups in total. The Bertz CT molecular complexity index is 1590. The van der Waals surface area contributed by atoms with Crippen molar-refractivity contribution >= 4 is 11.4 Å². The van der Waals surface area contributed by atoms with E-state index < -0.39 is 0 Å². The molecule has 6 rings (SSSR count).